The SMILES string of the molecule is Cc1nc2cc(N3CCO[C@@H](c4cnn(C)c4)C3)nc(-c3ccc(Cl)cc3F)c2c(=O)n1C1CC1. The molecule has 1 saturated carbocycles. The third-order valence-electron chi connectivity index (χ3n) is 6.63. The summed E-state index contributed by atoms with van der Waals surface area (Å²) in [6.45, 7) is 3.50. The lowest BCUT2D eigenvalue weighted by molar-refractivity contribution is 0.0395. The lowest BCUT2D eigenvalue weighted by Crippen LogP contribution is -2.39. The topological polar surface area (TPSA) is 78.1 Å². The van der Waals surface area contributed by atoms with E-state index in [0.29, 0.717) is 42.2 Å². The molecule has 0 N–H and O–H groups in total. The average molecular weight is 495 g/mol. The summed E-state index contributed by atoms with van der Waals surface area (Å²) >= 11 is 6.01. The number of anilines is 1. The first-order valence-electron chi connectivity index (χ1n) is 11.6. The fraction of sp³-hybridized carbons (Fsp3) is 0.360. The van der Waals surface area contributed by atoms with Crippen LogP contribution in [-0.4, -0.2) is 44.0 Å². The van der Waals surface area contributed by atoms with E-state index in [2.05, 4.69) is 10.00 Å². The van der Waals surface area contributed by atoms with E-state index in [-0.39, 0.29) is 34.0 Å². The molecule has 1 aliphatic heterocycles. The third kappa shape index (κ3) is 3.98. The maximum atomic E-state index is 15.1. The van der Waals surface area contributed by atoms with Gasteiger partial charge in [-0.25, -0.2) is 14.4 Å². The Hall–Kier alpha value is -3.30. The van der Waals surface area contributed by atoms with Gasteiger partial charge in [0.1, 0.15) is 23.6 Å². The van der Waals surface area contributed by atoms with E-state index >= 15 is 4.39 Å². The zero-order valence-corrected chi connectivity index (χ0v) is 20.2. The van der Waals surface area contributed by atoms with Crippen molar-refractivity contribution in [3.05, 3.63) is 69.2 Å². The quantitative estimate of drug-likeness (QED) is 0.423. The van der Waals surface area contributed by atoms with E-state index in [0.717, 1.165) is 18.4 Å². The van der Waals surface area contributed by atoms with Crippen LogP contribution in [0.4, 0.5) is 10.2 Å². The molecular formula is C25H24ClFN6O2. The van der Waals surface area contributed by atoms with E-state index in [4.69, 9.17) is 26.3 Å². The standard InChI is InChI=1S/C25H24ClFN6O2/c1-14-29-20-10-22(32-7-8-35-21(13-32)15-11-28-31(2)12-15)30-24(18-6-3-16(26)9-19(18)27)23(20)25(34)33(14)17-4-5-17/h3,6,9-12,17,21H,4-5,7-8,13H2,1-2H3/t21-/m1/s1. The Balaban J connectivity index is 1.52. The molecule has 10 heteroatoms. The smallest absolute Gasteiger partial charge is 0.263 e. The fourth-order valence-corrected chi connectivity index (χ4v) is 4.94. The van der Waals surface area contributed by atoms with Gasteiger partial charge in [0, 0.05) is 54.6 Å². The number of rotatable bonds is 4. The second kappa shape index (κ2) is 8.42. The van der Waals surface area contributed by atoms with Crippen LogP contribution >= 0.6 is 11.6 Å². The van der Waals surface area contributed by atoms with Gasteiger partial charge in [-0.1, -0.05) is 11.6 Å². The molecular weight excluding hydrogens is 471 g/mol. The molecule has 1 atom stereocenters. The molecule has 2 fully saturated rings. The minimum Gasteiger partial charge on any atom is -0.370 e. The maximum absolute atomic E-state index is 15.1. The summed E-state index contributed by atoms with van der Waals surface area (Å²) in [5.74, 6) is 0.742. The van der Waals surface area contributed by atoms with Gasteiger partial charge in [-0.2, -0.15) is 5.10 Å². The molecule has 2 aliphatic rings. The van der Waals surface area contributed by atoms with Crippen LogP contribution in [0.1, 0.15) is 36.4 Å². The van der Waals surface area contributed by atoms with Crippen molar-refractivity contribution in [2.75, 3.05) is 24.6 Å². The summed E-state index contributed by atoms with van der Waals surface area (Å²) in [5, 5.41) is 4.86. The minimum atomic E-state index is -0.531. The number of ether oxygens (including phenoxy) is 1. The first kappa shape index (κ1) is 22.2. The van der Waals surface area contributed by atoms with Crippen LogP contribution in [0.3, 0.4) is 0 Å². The number of benzene rings is 1. The Labute approximate surface area is 205 Å². The molecule has 0 spiro atoms. The van der Waals surface area contributed by atoms with Crippen molar-refractivity contribution in [3.8, 4) is 11.3 Å². The van der Waals surface area contributed by atoms with Gasteiger partial charge in [0.15, 0.2) is 0 Å². The predicted molar refractivity (Wildman–Crippen MR) is 131 cm³/mol. The van der Waals surface area contributed by atoms with Crippen molar-refractivity contribution in [2.24, 2.45) is 7.05 Å². The van der Waals surface area contributed by atoms with Crippen molar-refractivity contribution in [2.45, 2.75) is 31.9 Å². The molecule has 1 aliphatic carbocycles. The number of fused-ring (bicyclic) bond motifs is 1. The second-order valence-electron chi connectivity index (χ2n) is 9.17. The van der Waals surface area contributed by atoms with Crippen LogP contribution in [0.2, 0.25) is 5.02 Å². The van der Waals surface area contributed by atoms with Gasteiger partial charge in [0.05, 0.1) is 29.4 Å². The van der Waals surface area contributed by atoms with Gasteiger partial charge in [-0.15, -0.1) is 0 Å². The Morgan fingerprint density at radius 2 is 2.03 bits per heavy atom. The van der Waals surface area contributed by atoms with Gasteiger partial charge in [-0.05, 0) is 38.0 Å². The summed E-state index contributed by atoms with van der Waals surface area (Å²) in [6.07, 6.45) is 5.42. The lowest BCUT2D eigenvalue weighted by atomic mass is 10.1. The molecule has 6 rings (SSSR count). The van der Waals surface area contributed by atoms with Gasteiger partial charge >= 0.3 is 0 Å². The van der Waals surface area contributed by atoms with Crippen molar-refractivity contribution in [1.82, 2.24) is 24.3 Å². The summed E-state index contributed by atoms with van der Waals surface area (Å²) in [6, 6.07) is 6.38. The van der Waals surface area contributed by atoms with Crippen LogP contribution in [0.5, 0.6) is 0 Å². The van der Waals surface area contributed by atoms with Gasteiger partial charge in [0.2, 0.25) is 0 Å². The van der Waals surface area contributed by atoms with Crippen LogP contribution in [0, 0.1) is 12.7 Å². The molecule has 0 amide bonds. The number of pyridine rings is 1. The molecule has 35 heavy (non-hydrogen) atoms. The number of aromatic nitrogens is 5. The van der Waals surface area contributed by atoms with E-state index < -0.39 is 5.82 Å². The van der Waals surface area contributed by atoms with Crippen molar-refractivity contribution in [3.63, 3.8) is 0 Å². The van der Waals surface area contributed by atoms with Crippen molar-refractivity contribution >= 4 is 28.3 Å². The molecule has 4 heterocycles. The number of aryl methyl sites for hydroxylation is 2. The van der Waals surface area contributed by atoms with Crippen LogP contribution in [0.15, 0.2) is 41.5 Å². The fourth-order valence-electron chi connectivity index (χ4n) is 4.78. The number of morpholine rings is 1. The van der Waals surface area contributed by atoms with E-state index in [9.17, 15) is 4.79 Å². The number of hydrogen-bond donors (Lipinski definition) is 0. The number of nitrogens with zero attached hydrogens (tertiary/aromatic N) is 6. The van der Waals surface area contributed by atoms with E-state index in [1.54, 1.807) is 27.6 Å². The average Bonchev–Trinajstić information content (AvgIpc) is 3.57. The van der Waals surface area contributed by atoms with Crippen LogP contribution in [-0.2, 0) is 11.8 Å². The highest BCUT2D eigenvalue weighted by atomic mass is 35.5. The Morgan fingerprint density at radius 1 is 1.20 bits per heavy atom. The third-order valence-corrected chi connectivity index (χ3v) is 6.87. The summed E-state index contributed by atoms with van der Waals surface area (Å²) in [7, 11) is 1.87. The molecule has 4 aromatic rings. The highest BCUT2D eigenvalue weighted by Gasteiger charge is 2.30. The van der Waals surface area contributed by atoms with Gasteiger partial charge in [-0.3, -0.25) is 14.0 Å². The molecule has 1 aromatic carbocycles. The molecule has 0 unspecified atom stereocenters. The Kier molecular flexibility index (Phi) is 5.34. The lowest BCUT2D eigenvalue weighted by Gasteiger charge is -2.33. The first-order chi connectivity index (χ1) is 16.9. The van der Waals surface area contributed by atoms with E-state index in [1.807, 2.05) is 26.2 Å². The molecule has 3 aromatic heterocycles. The summed E-state index contributed by atoms with van der Waals surface area (Å²) in [5.41, 5.74) is 1.80. The predicted octanol–water partition coefficient (Wildman–Crippen LogP) is 4.21. The Bertz CT molecular complexity index is 1510. The van der Waals surface area contributed by atoms with Crippen molar-refractivity contribution in [1.29, 1.82) is 0 Å². The molecule has 8 nitrogen and oxygen atoms in total. The zero-order valence-electron chi connectivity index (χ0n) is 19.4. The normalized spacial score (nSPS) is 18.4. The molecule has 0 bridgehead atoms. The maximum Gasteiger partial charge on any atom is 0.263 e. The van der Waals surface area contributed by atoms with Crippen LogP contribution in [0.25, 0.3) is 22.2 Å². The van der Waals surface area contributed by atoms with Crippen molar-refractivity contribution < 1.29 is 9.13 Å². The van der Waals surface area contributed by atoms with Gasteiger partial charge < -0.3 is 9.64 Å². The zero-order chi connectivity index (χ0) is 24.3. The van der Waals surface area contributed by atoms with E-state index in [1.165, 1.54) is 6.07 Å². The largest absolute Gasteiger partial charge is 0.370 e. The monoisotopic (exact) mass is 494 g/mol. The second-order valence-corrected chi connectivity index (χ2v) is 9.60. The first-order valence-corrected chi connectivity index (χ1v) is 12.0. The minimum absolute atomic E-state index is 0.140. The Morgan fingerprint density at radius 3 is 2.74 bits per heavy atom. The highest BCUT2D eigenvalue weighted by Crippen LogP contribution is 2.37. The van der Waals surface area contributed by atoms with Gasteiger partial charge in [0.25, 0.3) is 5.56 Å². The molecule has 180 valence electrons. The summed E-state index contributed by atoms with van der Waals surface area (Å²) in [4.78, 5) is 25.3. The number of halogens is 2. The number of hydrogen-bond acceptors (Lipinski definition) is 6. The van der Waals surface area contributed by atoms with Crippen LogP contribution < -0.4 is 10.5 Å². The highest BCUT2D eigenvalue weighted by molar-refractivity contribution is 6.30. The molecule has 0 radical (unpaired) electrons. The molecule has 1 saturated heterocycles. The summed E-state index contributed by atoms with van der Waals surface area (Å²) < 4.78 is 24.6.